The van der Waals surface area contributed by atoms with Gasteiger partial charge in [-0.05, 0) is 66.4 Å². The Morgan fingerprint density at radius 1 is 0.659 bits per heavy atom. The maximum absolute atomic E-state index is 14.7. The van der Waals surface area contributed by atoms with E-state index in [-0.39, 0.29) is 34.6 Å². The van der Waals surface area contributed by atoms with Gasteiger partial charge in [-0.3, -0.25) is 4.68 Å². The summed E-state index contributed by atoms with van der Waals surface area (Å²) >= 11 is 5.83. The van der Waals surface area contributed by atoms with E-state index in [1.807, 2.05) is 0 Å². The molecule has 0 unspecified atom stereocenters. The molecule has 13 heteroatoms. The molecule has 0 saturated heterocycles. The summed E-state index contributed by atoms with van der Waals surface area (Å²) in [6, 6.07) is 14.6. The van der Waals surface area contributed by atoms with Gasteiger partial charge in [0.2, 0.25) is 0 Å². The predicted molar refractivity (Wildman–Crippen MR) is 145 cm³/mol. The highest BCUT2D eigenvalue weighted by atomic mass is 35.5. The number of hydrogen-bond donors (Lipinski definition) is 0. The van der Waals surface area contributed by atoms with E-state index in [0.29, 0.717) is 29.3 Å². The van der Waals surface area contributed by atoms with Crippen molar-refractivity contribution in [2.45, 2.75) is 37.9 Å². The first-order valence-corrected chi connectivity index (χ1v) is 13.3. The second-order valence-electron chi connectivity index (χ2n) is 10.0. The van der Waals surface area contributed by atoms with Gasteiger partial charge in [-0.2, -0.15) is 44.6 Å². The highest BCUT2D eigenvalue weighted by molar-refractivity contribution is 6.30. The molecule has 0 fully saturated rings. The summed E-state index contributed by atoms with van der Waals surface area (Å²) in [5.41, 5.74) is -3.41. The molecule has 0 N–H and O–H groups in total. The van der Waals surface area contributed by atoms with Crippen LogP contribution in [0, 0.1) is 5.82 Å². The molecule has 44 heavy (non-hydrogen) atoms. The Kier molecular flexibility index (Phi) is 8.17. The summed E-state index contributed by atoms with van der Waals surface area (Å²) in [6.07, 6.45) is -15.0. The van der Waals surface area contributed by atoms with Gasteiger partial charge in [0, 0.05) is 21.5 Å². The molecule has 0 aliphatic carbocycles. The van der Waals surface area contributed by atoms with Gasteiger partial charge >= 0.3 is 18.5 Å². The summed E-state index contributed by atoms with van der Waals surface area (Å²) in [5, 5.41) is 4.37. The molecule has 0 amide bonds. The number of hydrogen-bond acceptors (Lipinski definition) is 1. The van der Waals surface area contributed by atoms with Crippen molar-refractivity contribution in [2.75, 3.05) is 0 Å². The van der Waals surface area contributed by atoms with Crippen LogP contribution in [0.25, 0.3) is 22.2 Å². The Hall–Kier alpha value is -4.06. The molecule has 1 heterocycles. The SMILES string of the molecule is Fc1cc(Cl)ccc1Cn1nc2c(C(F)(F)F)cccc2c1-c1cccc(CCc2cc(C(F)(F)F)ccc2C(F)(F)F)c1. The van der Waals surface area contributed by atoms with E-state index in [1.54, 1.807) is 6.07 Å². The number of rotatable bonds is 6. The third-order valence-corrected chi connectivity index (χ3v) is 7.27. The maximum atomic E-state index is 14.7. The molecule has 0 aliphatic heterocycles. The molecule has 0 saturated carbocycles. The Balaban J connectivity index is 1.58. The third-order valence-electron chi connectivity index (χ3n) is 7.03. The van der Waals surface area contributed by atoms with Crippen molar-refractivity contribution in [3.05, 3.63) is 123 Å². The van der Waals surface area contributed by atoms with Crippen LogP contribution in [-0.4, -0.2) is 9.78 Å². The van der Waals surface area contributed by atoms with E-state index in [1.165, 1.54) is 47.1 Å². The average Bonchev–Trinajstić information content (AvgIpc) is 3.30. The smallest absolute Gasteiger partial charge is 0.259 e. The largest absolute Gasteiger partial charge is 0.418 e. The van der Waals surface area contributed by atoms with Crippen LogP contribution in [0.5, 0.6) is 0 Å². The van der Waals surface area contributed by atoms with Gasteiger partial charge in [0.25, 0.3) is 0 Å². The van der Waals surface area contributed by atoms with Gasteiger partial charge in [0.05, 0.1) is 28.9 Å². The van der Waals surface area contributed by atoms with E-state index in [0.717, 1.165) is 12.1 Å². The van der Waals surface area contributed by atoms with Crippen molar-refractivity contribution >= 4 is 22.5 Å². The van der Waals surface area contributed by atoms with Crippen molar-refractivity contribution in [1.82, 2.24) is 9.78 Å². The molecular formula is C31H19ClF10N2. The molecular weight excluding hydrogens is 626 g/mol. The molecule has 0 aliphatic rings. The lowest BCUT2D eigenvalue weighted by Gasteiger charge is -2.16. The fourth-order valence-corrected chi connectivity index (χ4v) is 5.18. The first kappa shape index (κ1) is 31.4. The number of alkyl halides is 9. The Morgan fingerprint density at radius 3 is 2.02 bits per heavy atom. The number of aromatic nitrogens is 2. The number of benzene rings is 4. The summed E-state index contributed by atoms with van der Waals surface area (Å²) in [4.78, 5) is 0. The third kappa shape index (κ3) is 6.54. The van der Waals surface area contributed by atoms with Crippen molar-refractivity contribution in [1.29, 1.82) is 0 Å². The zero-order valence-corrected chi connectivity index (χ0v) is 22.9. The molecule has 0 radical (unpaired) electrons. The minimum atomic E-state index is -4.89. The van der Waals surface area contributed by atoms with Crippen molar-refractivity contribution in [2.24, 2.45) is 0 Å². The molecule has 4 aromatic carbocycles. The minimum absolute atomic E-state index is 0.0809. The zero-order chi connectivity index (χ0) is 32.0. The van der Waals surface area contributed by atoms with Crippen molar-refractivity contribution in [3.63, 3.8) is 0 Å². The lowest BCUT2D eigenvalue weighted by atomic mass is 9.95. The number of halogens is 11. The number of aryl methyl sites for hydroxylation is 2. The molecule has 0 atom stereocenters. The topological polar surface area (TPSA) is 17.8 Å². The minimum Gasteiger partial charge on any atom is -0.259 e. The predicted octanol–water partition coefficient (Wildman–Crippen LogP) is 10.4. The van der Waals surface area contributed by atoms with Gasteiger partial charge in [-0.15, -0.1) is 0 Å². The Bertz CT molecular complexity index is 1830. The average molecular weight is 645 g/mol. The fourth-order valence-electron chi connectivity index (χ4n) is 5.02. The lowest BCUT2D eigenvalue weighted by Crippen LogP contribution is -2.13. The first-order valence-electron chi connectivity index (χ1n) is 12.9. The quantitative estimate of drug-likeness (QED) is 0.168. The van der Waals surface area contributed by atoms with Gasteiger partial charge in [-0.1, -0.05) is 48.0 Å². The molecule has 5 aromatic rings. The summed E-state index contributed by atoms with van der Waals surface area (Å²) < 4.78 is 138. The Morgan fingerprint density at radius 2 is 1.36 bits per heavy atom. The van der Waals surface area contributed by atoms with Gasteiger partial charge in [-0.25, -0.2) is 4.39 Å². The second kappa shape index (κ2) is 11.5. The highest BCUT2D eigenvalue weighted by Crippen LogP contribution is 2.40. The standard InChI is InChI=1S/C31H19ClF10N2/c32-22-11-9-20(26(33)15-22)16-44-28(23-5-2-6-25(27(23)43-44)31(40,41)42)19-4-1-3-17(13-19)7-8-18-14-21(29(34,35)36)10-12-24(18)30(37,38)39/h1-6,9-15H,7-8,16H2. The van der Waals surface area contributed by atoms with E-state index < -0.39 is 58.5 Å². The summed E-state index contributed by atoms with van der Waals surface area (Å²) in [6.45, 7) is -0.284. The van der Waals surface area contributed by atoms with E-state index in [4.69, 9.17) is 11.6 Å². The highest BCUT2D eigenvalue weighted by Gasteiger charge is 2.37. The van der Waals surface area contributed by atoms with E-state index in [9.17, 15) is 43.9 Å². The van der Waals surface area contributed by atoms with Crippen LogP contribution in [0.3, 0.4) is 0 Å². The monoisotopic (exact) mass is 644 g/mol. The van der Waals surface area contributed by atoms with Gasteiger partial charge in [0.15, 0.2) is 0 Å². The van der Waals surface area contributed by atoms with Crippen molar-refractivity contribution in [3.8, 4) is 11.3 Å². The van der Waals surface area contributed by atoms with Crippen molar-refractivity contribution < 1.29 is 43.9 Å². The van der Waals surface area contributed by atoms with Crippen LogP contribution < -0.4 is 0 Å². The first-order chi connectivity index (χ1) is 20.5. The second-order valence-corrected chi connectivity index (χ2v) is 10.4. The number of nitrogens with zero attached hydrogens (tertiary/aromatic N) is 2. The van der Waals surface area contributed by atoms with Crippen LogP contribution >= 0.6 is 11.6 Å². The van der Waals surface area contributed by atoms with Crippen LogP contribution in [0.1, 0.15) is 33.4 Å². The molecule has 0 spiro atoms. The van der Waals surface area contributed by atoms with E-state index in [2.05, 4.69) is 5.10 Å². The van der Waals surface area contributed by atoms with E-state index >= 15 is 0 Å². The molecule has 2 nitrogen and oxygen atoms in total. The normalized spacial score (nSPS) is 12.7. The zero-order valence-electron chi connectivity index (χ0n) is 22.2. The van der Waals surface area contributed by atoms with Crippen LogP contribution in [0.4, 0.5) is 43.9 Å². The molecule has 5 rings (SSSR count). The molecule has 0 bridgehead atoms. The molecule has 230 valence electrons. The number of fused-ring (bicyclic) bond motifs is 1. The van der Waals surface area contributed by atoms with Gasteiger partial charge in [0.1, 0.15) is 11.3 Å². The molecule has 1 aromatic heterocycles. The lowest BCUT2D eigenvalue weighted by molar-refractivity contribution is -0.141. The van der Waals surface area contributed by atoms with Crippen LogP contribution in [0.2, 0.25) is 5.02 Å². The summed E-state index contributed by atoms with van der Waals surface area (Å²) in [5.74, 6) is -0.714. The maximum Gasteiger partial charge on any atom is 0.418 e. The van der Waals surface area contributed by atoms with Crippen LogP contribution in [0.15, 0.2) is 78.9 Å². The Labute approximate surface area is 248 Å². The summed E-state index contributed by atoms with van der Waals surface area (Å²) in [7, 11) is 0. The van der Waals surface area contributed by atoms with Gasteiger partial charge < -0.3 is 0 Å². The van der Waals surface area contributed by atoms with Crippen LogP contribution in [-0.2, 0) is 37.9 Å². The fraction of sp³-hybridized carbons (Fsp3) is 0.194.